The number of fused-ring (bicyclic) bond motifs is 2. The Morgan fingerprint density at radius 3 is 2.03 bits per heavy atom. The minimum absolute atomic E-state index is 0.00583. The van der Waals surface area contributed by atoms with Crippen LogP contribution in [0.4, 0.5) is 0 Å². The van der Waals surface area contributed by atoms with Crippen LogP contribution >= 0.6 is 0 Å². The first-order chi connectivity index (χ1) is 13.6. The van der Waals surface area contributed by atoms with E-state index in [1.807, 2.05) is 18.2 Å². The third-order valence-corrected chi connectivity index (χ3v) is 13.0. The highest BCUT2D eigenvalue weighted by molar-refractivity contribution is 6.78. The molecular weight excluding hydrogens is 380 g/mol. The fraction of sp³-hybridized carbons (Fsp3) is 0.583. The van der Waals surface area contributed by atoms with Crippen molar-refractivity contribution in [3.63, 3.8) is 0 Å². The van der Waals surface area contributed by atoms with Gasteiger partial charge in [-0.3, -0.25) is 4.79 Å². The molecule has 2 aliphatic carbocycles. The van der Waals surface area contributed by atoms with E-state index < -0.39 is 19.9 Å². The van der Waals surface area contributed by atoms with Gasteiger partial charge in [-0.25, -0.2) is 4.79 Å². The number of rotatable bonds is 8. The first kappa shape index (κ1) is 21.8. The number of allylic oxidation sites excluding steroid dienone is 1. The van der Waals surface area contributed by atoms with Crippen LogP contribution in [0.15, 0.2) is 36.4 Å². The SMILES string of the molecule is CC(C)[Si](Oc1ccc(C(=O)OC2(C=O)CC3C=CC2C3)cc1)(C(C)C)C(C)C. The predicted octanol–water partition coefficient (Wildman–Crippen LogP) is 5.93. The van der Waals surface area contributed by atoms with Crippen molar-refractivity contribution < 1.29 is 18.8 Å². The van der Waals surface area contributed by atoms with Crippen LogP contribution in [0, 0.1) is 11.8 Å². The van der Waals surface area contributed by atoms with E-state index in [0.717, 1.165) is 18.5 Å². The topological polar surface area (TPSA) is 52.6 Å². The Hall–Kier alpha value is -1.88. The third kappa shape index (κ3) is 3.81. The molecule has 1 fully saturated rings. The number of esters is 1. The number of hydrogen-bond acceptors (Lipinski definition) is 4. The minimum Gasteiger partial charge on any atom is -0.543 e. The normalized spacial score (nSPS) is 25.8. The smallest absolute Gasteiger partial charge is 0.339 e. The molecule has 29 heavy (non-hydrogen) atoms. The van der Waals surface area contributed by atoms with Crippen LogP contribution in [0.5, 0.6) is 5.75 Å². The Kier molecular flexibility index (Phi) is 6.09. The first-order valence-electron chi connectivity index (χ1n) is 10.8. The Morgan fingerprint density at radius 1 is 1.03 bits per heavy atom. The molecule has 3 rings (SSSR count). The summed E-state index contributed by atoms with van der Waals surface area (Å²) in [4.78, 5) is 24.5. The molecule has 1 aromatic carbocycles. The van der Waals surface area contributed by atoms with Gasteiger partial charge in [-0.15, -0.1) is 0 Å². The highest BCUT2D eigenvalue weighted by Gasteiger charge is 2.52. The fourth-order valence-electron chi connectivity index (χ4n) is 5.57. The van der Waals surface area contributed by atoms with Crippen molar-refractivity contribution in [2.45, 2.75) is 76.6 Å². The molecule has 1 saturated carbocycles. The van der Waals surface area contributed by atoms with Crippen LogP contribution in [0.2, 0.25) is 16.6 Å². The summed E-state index contributed by atoms with van der Waals surface area (Å²) >= 11 is 0. The van der Waals surface area contributed by atoms with Crippen LogP contribution in [0.3, 0.4) is 0 Å². The maximum absolute atomic E-state index is 12.7. The lowest BCUT2D eigenvalue weighted by Gasteiger charge is -2.42. The van der Waals surface area contributed by atoms with Crippen LogP contribution in [-0.4, -0.2) is 26.2 Å². The van der Waals surface area contributed by atoms with Crippen molar-refractivity contribution in [3.05, 3.63) is 42.0 Å². The van der Waals surface area contributed by atoms with E-state index in [1.54, 1.807) is 12.1 Å². The van der Waals surface area contributed by atoms with Crippen molar-refractivity contribution in [3.8, 4) is 5.75 Å². The van der Waals surface area contributed by atoms with Crippen molar-refractivity contribution in [2.75, 3.05) is 0 Å². The quantitative estimate of drug-likeness (QED) is 0.229. The maximum Gasteiger partial charge on any atom is 0.339 e. The van der Waals surface area contributed by atoms with Gasteiger partial charge in [0.05, 0.1) is 5.56 Å². The molecule has 0 heterocycles. The maximum atomic E-state index is 12.7. The molecule has 1 aromatic rings. The molecule has 0 saturated heterocycles. The molecule has 2 aliphatic rings. The summed E-state index contributed by atoms with van der Waals surface area (Å²) in [7, 11) is -2.04. The second kappa shape index (κ2) is 8.09. The van der Waals surface area contributed by atoms with E-state index in [0.29, 0.717) is 34.5 Å². The molecule has 4 nitrogen and oxygen atoms in total. The summed E-state index contributed by atoms with van der Waals surface area (Å²) in [5.41, 5.74) is 0.887. The second-order valence-electron chi connectivity index (χ2n) is 9.60. The Morgan fingerprint density at radius 2 is 1.62 bits per heavy atom. The molecule has 0 aliphatic heterocycles. The molecule has 0 aromatic heterocycles. The number of aldehydes is 1. The number of carbonyl (C=O) groups excluding carboxylic acids is 2. The van der Waals surface area contributed by atoms with Crippen LogP contribution < -0.4 is 4.43 Å². The molecule has 0 amide bonds. The number of benzene rings is 1. The lowest BCUT2D eigenvalue weighted by molar-refractivity contribution is -0.127. The number of ether oxygens (including phenoxy) is 1. The standard InChI is InChI=1S/C24H34O4Si/c1-16(2)29(17(3)4,18(5)6)28-22-11-8-20(9-12-22)23(26)27-24(15-25)14-19-7-10-21(24)13-19/h7-12,15-19,21H,13-14H2,1-6H3. The van der Waals surface area contributed by atoms with Gasteiger partial charge < -0.3 is 9.16 Å². The van der Waals surface area contributed by atoms with Crippen molar-refractivity contribution in [2.24, 2.45) is 11.8 Å². The number of carbonyl (C=O) groups is 2. The average Bonchev–Trinajstić information content (AvgIpc) is 3.27. The molecule has 158 valence electrons. The van der Waals surface area contributed by atoms with Gasteiger partial charge >= 0.3 is 5.97 Å². The Bertz CT molecular complexity index is 759. The summed E-state index contributed by atoms with van der Waals surface area (Å²) in [5.74, 6) is 0.711. The van der Waals surface area contributed by atoms with E-state index in [1.165, 1.54) is 0 Å². The van der Waals surface area contributed by atoms with E-state index >= 15 is 0 Å². The fourth-order valence-corrected chi connectivity index (χ4v) is 10.8. The van der Waals surface area contributed by atoms with Gasteiger partial charge in [0.15, 0.2) is 11.9 Å². The monoisotopic (exact) mass is 414 g/mol. The molecular formula is C24H34O4Si. The Labute approximate surface area is 175 Å². The zero-order chi connectivity index (χ0) is 21.4. The lowest BCUT2D eigenvalue weighted by Crippen LogP contribution is -2.50. The van der Waals surface area contributed by atoms with Crippen molar-refractivity contribution in [1.29, 1.82) is 0 Å². The lowest BCUT2D eigenvalue weighted by atomic mass is 9.89. The zero-order valence-corrected chi connectivity index (χ0v) is 19.5. The van der Waals surface area contributed by atoms with E-state index in [2.05, 4.69) is 47.6 Å². The zero-order valence-electron chi connectivity index (χ0n) is 18.5. The molecule has 5 heteroatoms. The summed E-state index contributed by atoms with van der Waals surface area (Å²) in [6.07, 6.45) is 6.45. The van der Waals surface area contributed by atoms with Gasteiger partial charge in [-0.2, -0.15) is 0 Å². The van der Waals surface area contributed by atoms with Crippen LogP contribution in [0.25, 0.3) is 0 Å². The van der Waals surface area contributed by atoms with Crippen LogP contribution in [-0.2, 0) is 9.53 Å². The van der Waals surface area contributed by atoms with Gasteiger partial charge in [0.25, 0.3) is 8.32 Å². The highest BCUT2D eigenvalue weighted by atomic mass is 28.4. The summed E-state index contributed by atoms with van der Waals surface area (Å²) < 4.78 is 12.4. The molecule has 3 atom stereocenters. The van der Waals surface area contributed by atoms with Gasteiger partial charge in [0, 0.05) is 12.3 Å². The van der Waals surface area contributed by atoms with E-state index in [9.17, 15) is 9.59 Å². The molecule has 0 spiro atoms. The first-order valence-corrected chi connectivity index (χ1v) is 13.0. The molecule has 2 bridgehead atoms. The van der Waals surface area contributed by atoms with Gasteiger partial charge in [0.2, 0.25) is 0 Å². The summed E-state index contributed by atoms with van der Waals surface area (Å²) in [6.45, 7) is 13.5. The van der Waals surface area contributed by atoms with Gasteiger partial charge in [-0.05, 0) is 53.2 Å². The van der Waals surface area contributed by atoms with Gasteiger partial charge in [-0.1, -0.05) is 53.7 Å². The second-order valence-corrected chi connectivity index (χ2v) is 15.0. The summed E-state index contributed by atoms with van der Waals surface area (Å²) in [5, 5.41) is 0. The predicted molar refractivity (Wildman–Crippen MR) is 118 cm³/mol. The summed E-state index contributed by atoms with van der Waals surface area (Å²) in [6, 6.07) is 7.22. The average molecular weight is 415 g/mol. The van der Waals surface area contributed by atoms with Crippen LogP contribution in [0.1, 0.15) is 64.7 Å². The van der Waals surface area contributed by atoms with Crippen molar-refractivity contribution in [1.82, 2.24) is 0 Å². The Balaban J connectivity index is 1.75. The highest BCUT2D eigenvalue weighted by Crippen LogP contribution is 2.48. The number of hydrogen-bond donors (Lipinski definition) is 0. The van der Waals surface area contributed by atoms with Crippen molar-refractivity contribution >= 4 is 20.6 Å². The van der Waals surface area contributed by atoms with Gasteiger partial charge in [0.1, 0.15) is 5.75 Å². The third-order valence-electron chi connectivity index (χ3n) is 6.96. The van der Waals surface area contributed by atoms with E-state index in [-0.39, 0.29) is 5.92 Å². The molecule has 0 radical (unpaired) electrons. The molecule has 0 N–H and O–H groups in total. The largest absolute Gasteiger partial charge is 0.543 e. The molecule has 3 unspecified atom stereocenters. The van der Waals surface area contributed by atoms with E-state index in [4.69, 9.17) is 9.16 Å². The minimum atomic E-state index is -2.04.